The second-order valence-corrected chi connectivity index (χ2v) is 9.31. The molecule has 0 aromatic heterocycles. The van der Waals surface area contributed by atoms with Crippen molar-refractivity contribution in [2.24, 2.45) is 0 Å². The first kappa shape index (κ1) is 29.4. The molecule has 0 heterocycles. The lowest BCUT2D eigenvalue weighted by Crippen LogP contribution is -2.21. The molecule has 2 N–H and O–H groups in total. The zero-order valence-electron chi connectivity index (χ0n) is 21.5. The highest BCUT2D eigenvalue weighted by molar-refractivity contribution is 6.33. The predicted octanol–water partition coefficient (Wildman–Crippen LogP) is 7.60. The summed E-state index contributed by atoms with van der Waals surface area (Å²) in [5.74, 6) is -0.606. The number of carbonyl (C=O) groups is 3. The van der Waals surface area contributed by atoms with E-state index >= 15 is 0 Å². The van der Waals surface area contributed by atoms with Gasteiger partial charge >= 0.3 is 12.1 Å². The van der Waals surface area contributed by atoms with Gasteiger partial charge in [0.25, 0.3) is 5.91 Å². The van der Waals surface area contributed by atoms with Crippen LogP contribution in [0, 0.1) is 0 Å². The molecule has 0 aliphatic heterocycles. The molecule has 11 heteroatoms. The summed E-state index contributed by atoms with van der Waals surface area (Å²) in [5.41, 5.74) is -0.696. The Morgan fingerprint density at radius 2 is 1.54 bits per heavy atom. The number of amides is 2. The highest BCUT2D eigenvalue weighted by Crippen LogP contribution is 2.34. The van der Waals surface area contributed by atoms with Crippen molar-refractivity contribution in [1.29, 1.82) is 0 Å². The first-order valence-corrected chi connectivity index (χ1v) is 12.8. The van der Waals surface area contributed by atoms with E-state index in [0.717, 1.165) is 22.9 Å². The van der Waals surface area contributed by atoms with E-state index in [4.69, 9.17) is 21.1 Å². The van der Waals surface area contributed by atoms with Crippen molar-refractivity contribution in [2.75, 3.05) is 17.2 Å². The van der Waals surface area contributed by atoms with Gasteiger partial charge in [0.1, 0.15) is 11.5 Å². The van der Waals surface area contributed by atoms with E-state index in [-0.39, 0.29) is 35.9 Å². The van der Waals surface area contributed by atoms with Crippen LogP contribution in [0.1, 0.15) is 24.8 Å². The van der Waals surface area contributed by atoms with Crippen LogP contribution >= 0.6 is 11.6 Å². The van der Waals surface area contributed by atoms with Crippen LogP contribution in [0.4, 0.5) is 24.5 Å². The maximum Gasteiger partial charge on any atom is 0.416 e. The zero-order valence-corrected chi connectivity index (χ0v) is 22.2. The Morgan fingerprint density at radius 3 is 2.29 bits per heavy atom. The van der Waals surface area contributed by atoms with Crippen molar-refractivity contribution >= 4 is 51.5 Å². The molecule has 0 radical (unpaired) electrons. The van der Waals surface area contributed by atoms with Crippen LogP contribution in [0.5, 0.6) is 11.5 Å². The number of ether oxygens (including phenoxy) is 2. The molecule has 4 aromatic carbocycles. The molecule has 0 saturated carbocycles. The van der Waals surface area contributed by atoms with Crippen molar-refractivity contribution in [1.82, 2.24) is 0 Å². The van der Waals surface area contributed by atoms with E-state index in [9.17, 15) is 27.6 Å². The maximum atomic E-state index is 12.9. The molecule has 212 valence electrons. The number of halogens is 4. The van der Waals surface area contributed by atoms with Crippen LogP contribution in [-0.2, 0) is 25.3 Å². The number of hydrogen-bond donors (Lipinski definition) is 2. The number of carbonyl (C=O) groups excluding carboxylic acids is 3. The van der Waals surface area contributed by atoms with E-state index in [1.807, 2.05) is 42.5 Å². The maximum absolute atomic E-state index is 12.9. The fourth-order valence-electron chi connectivity index (χ4n) is 3.84. The van der Waals surface area contributed by atoms with Crippen molar-refractivity contribution in [3.63, 3.8) is 0 Å². The summed E-state index contributed by atoms with van der Waals surface area (Å²) in [5, 5.41) is 6.85. The fourth-order valence-corrected chi connectivity index (χ4v) is 4.00. The molecule has 0 aliphatic carbocycles. The highest BCUT2D eigenvalue weighted by Gasteiger charge is 2.31. The Morgan fingerprint density at radius 1 is 0.805 bits per heavy atom. The first-order valence-electron chi connectivity index (χ1n) is 12.5. The summed E-state index contributed by atoms with van der Waals surface area (Å²) >= 11 is 5.83. The summed E-state index contributed by atoms with van der Waals surface area (Å²) in [6.45, 7) is -0.717. The highest BCUT2D eigenvalue weighted by atomic mass is 35.5. The van der Waals surface area contributed by atoms with E-state index in [1.165, 1.54) is 0 Å². The predicted molar refractivity (Wildman–Crippen MR) is 149 cm³/mol. The van der Waals surface area contributed by atoms with Crippen LogP contribution in [0.3, 0.4) is 0 Å². The molecule has 0 bridgehead atoms. The molecule has 7 nitrogen and oxygen atoms in total. The summed E-state index contributed by atoms with van der Waals surface area (Å²) in [4.78, 5) is 36.2. The summed E-state index contributed by atoms with van der Waals surface area (Å²) in [6, 6.07) is 23.0. The lowest BCUT2D eigenvalue weighted by atomic mass is 10.1. The van der Waals surface area contributed by atoms with Crippen LogP contribution in [0.15, 0.2) is 84.9 Å². The Labute approximate surface area is 238 Å². The molecule has 4 rings (SSSR count). The third kappa shape index (κ3) is 8.46. The first-order chi connectivity index (χ1) is 19.6. The normalized spacial score (nSPS) is 11.1. The van der Waals surface area contributed by atoms with Crippen molar-refractivity contribution in [2.45, 2.75) is 25.4 Å². The van der Waals surface area contributed by atoms with Gasteiger partial charge in [-0.3, -0.25) is 14.4 Å². The van der Waals surface area contributed by atoms with E-state index in [0.29, 0.717) is 23.3 Å². The SMILES string of the molecule is O=C(CCCC(=O)OCC(=O)Nc1cc(C(F)(F)F)ccc1Cl)Nc1ccc(Oc2cccc3ccccc23)cc1. The molecule has 4 aromatic rings. The minimum absolute atomic E-state index is 0.0232. The summed E-state index contributed by atoms with van der Waals surface area (Å²) < 4.78 is 49.4. The van der Waals surface area contributed by atoms with Crippen molar-refractivity contribution in [3.05, 3.63) is 95.5 Å². The average molecular weight is 585 g/mol. The van der Waals surface area contributed by atoms with E-state index in [2.05, 4.69) is 10.6 Å². The number of fused-ring (bicyclic) bond motifs is 1. The Bertz CT molecular complexity index is 1550. The second kappa shape index (κ2) is 13.2. The number of benzene rings is 4. The van der Waals surface area contributed by atoms with Gasteiger partial charge in [-0.15, -0.1) is 0 Å². The smallest absolute Gasteiger partial charge is 0.416 e. The number of nitrogens with one attached hydrogen (secondary N) is 2. The Balaban J connectivity index is 1.17. The molecule has 0 spiro atoms. The van der Waals surface area contributed by atoms with Gasteiger partial charge in [-0.05, 0) is 60.3 Å². The van der Waals surface area contributed by atoms with E-state index < -0.39 is 30.2 Å². The van der Waals surface area contributed by atoms with Gasteiger partial charge in [0.15, 0.2) is 6.61 Å². The van der Waals surface area contributed by atoms with Crippen LogP contribution in [0.25, 0.3) is 10.8 Å². The van der Waals surface area contributed by atoms with Gasteiger partial charge in [-0.25, -0.2) is 0 Å². The zero-order chi connectivity index (χ0) is 29.4. The quantitative estimate of drug-likeness (QED) is 0.187. The fraction of sp³-hybridized carbons (Fsp3) is 0.167. The largest absolute Gasteiger partial charge is 0.457 e. The lowest BCUT2D eigenvalue weighted by Gasteiger charge is -2.12. The van der Waals surface area contributed by atoms with Crippen LogP contribution < -0.4 is 15.4 Å². The van der Waals surface area contributed by atoms with E-state index in [1.54, 1.807) is 24.3 Å². The molecule has 0 unspecified atom stereocenters. The molecule has 2 amide bonds. The number of alkyl halides is 3. The third-order valence-electron chi connectivity index (χ3n) is 5.83. The minimum atomic E-state index is -4.61. The molecule has 0 aliphatic rings. The molecule has 41 heavy (non-hydrogen) atoms. The monoisotopic (exact) mass is 584 g/mol. The van der Waals surface area contributed by atoms with Gasteiger partial charge in [0.05, 0.1) is 16.3 Å². The molecule has 0 fully saturated rings. The number of hydrogen-bond acceptors (Lipinski definition) is 5. The topological polar surface area (TPSA) is 93.7 Å². The van der Waals surface area contributed by atoms with Crippen molar-refractivity contribution < 1.29 is 37.0 Å². The Hall–Kier alpha value is -4.57. The number of rotatable bonds is 10. The average Bonchev–Trinajstić information content (AvgIpc) is 2.94. The van der Waals surface area contributed by atoms with Gasteiger partial charge in [-0.2, -0.15) is 13.2 Å². The number of anilines is 2. The number of esters is 1. The summed E-state index contributed by atoms with van der Waals surface area (Å²) in [7, 11) is 0. The Kier molecular flexibility index (Phi) is 9.46. The summed E-state index contributed by atoms with van der Waals surface area (Å²) in [6.07, 6.45) is -4.56. The molecular formula is C30H24ClF3N2O5. The standard InChI is InChI=1S/C30H24ClF3N2O5/c31-24-16-11-20(30(32,33)34)17-25(24)36-28(38)18-40-29(39)10-4-9-27(37)35-21-12-14-22(15-13-21)41-26-8-3-6-19-5-1-2-7-23(19)26/h1-3,5-8,11-17H,4,9-10,18H2,(H,35,37)(H,36,38). The minimum Gasteiger partial charge on any atom is -0.457 e. The third-order valence-corrected chi connectivity index (χ3v) is 6.16. The second-order valence-electron chi connectivity index (χ2n) is 8.91. The lowest BCUT2D eigenvalue weighted by molar-refractivity contribution is -0.147. The van der Waals surface area contributed by atoms with Gasteiger partial charge < -0.3 is 20.1 Å². The van der Waals surface area contributed by atoms with Crippen LogP contribution in [-0.4, -0.2) is 24.4 Å². The van der Waals surface area contributed by atoms with Gasteiger partial charge in [0, 0.05) is 23.9 Å². The molecule has 0 atom stereocenters. The van der Waals surface area contributed by atoms with Crippen molar-refractivity contribution in [3.8, 4) is 11.5 Å². The van der Waals surface area contributed by atoms with Crippen LogP contribution in [0.2, 0.25) is 5.02 Å². The molecule has 0 saturated heterocycles. The van der Waals surface area contributed by atoms with Gasteiger partial charge in [0.2, 0.25) is 5.91 Å². The van der Waals surface area contributed by atoms with Gasteiger partial charge in [-0.1, -0.05) is 48.0 Å². The molecular weight excluding hydrogens is 561 g/mol.